The fourth-order valence-corrected chi connectivity index (χ4v) is 6.48. The lowest BCUT2D eigenvalue weighted by Gasteiger charge is -2.39. The maximum absolute atomic E-state index is 14.9. The van der Waals surface area contributed by atoms with Crippen molar-refractivity contribution in [2.75, 3.05) is 30.3 Å². The first-order valence-electron chi connectivity index (χ1n) is 15.8. The molecule has 6 rings (SSSR count). The highest BCUT2D eigenvalue weighted by molar-refractivity contribution is 5.74. The number of aliphatic carboxylic acids is 1. The van der Waals surface area contributed by atoms with Crippen LogP contribution in [-0.2, 0) is 4.79 Å². The van der Waals surface area contributed by atoms with E-state index in [9.17, 15) is 23.1 Å². The molecule has 2 fully saturated rings. The molecule has 0 amide bonds. The van der Waals surface area contributed by atoms with Crippen LogP contribution in [0.2, 0.25) is 0 Å². The largest absolute Gasteiger partial charge is 0.491 e. The monoisotopic (exact) mass is 665 g/mol. The van der Waals surface area contributed by atoms with Crippen molar-refractivity contribution in [2.45, 2.75) is 64.5 Å². The molecule has 4 aromatic rings. The van der Waals surface area contributed by atoms with Crippen LogP contribution in [-0.4, -0.2) is 68.8 Å². The number of hydrogen-bond acceptors (Lipinski definition) is 9. The molecule has 1 spiro atoms. The number of halogens is 3. The Bertz CT molecular complexity index is 1790. The Morgan fingerprint density at radius 2 is 1.81 bits per heavy atom. The van der Waals surface area contributed by atoms with E-state index in [1.165, 1.54) is 16.8 Å². The van der Waals surface area contributed by atoms with Crippen LogP contribution in [0, 0.1) is 12.3 Å². The van der Waals surface area contributed by atoms with Gasteiger partial charge in [-0.05, 0) is 80.8 Å². The molecule has 2 saturated heterocycles. The fourth-order valence-electron chi connectivity index (χ4n) is 6.48. The highest BCUT2D eigenvalue weighted by Gasteiger charge is 2.46. The second-order valence-electron chi connectivity index (χ2n) is 12.8. The predicted octanol–water partition coefficient (Wildman–Crippen LogP) is 5.72. The highest BCUT2D eigenvalue weighted by atomic mass is 19.4. The van der Waals surface area contributed by atoms with Gasteiger partial charge in [0.2, 0.25) is 17.9 Å². The predicted molar refractivity (Wildman–Crippen MR) is 173 cm³/mol. The van der Waals surface area contributed by atoms with Gasteiger partial charge < -0.3 is 30.5 Å². The van der Waals surface area contributed by atoms with Crippen LogP contribution < -0.4 is 25.4 Å². The maximum Gasteiger partial charge on any atom is 0.429 e. The third-order valence-electron chi connectivity index (χ3n) is 8.87. The summed E-state index contributed by atoms with van der Waals surface area (Å²) in [5, 5.41) is 16.9. The summed E-state index contributed by atoms with van der Waals surface area (Å²) in [5.41, 5.74) is 7.92. The van der Waals surface area contributed by atoms with Gasteiger partial charge in [0.05, 0.1) is 17.5 Å². The molecule has 0 aliphatic carbocycles. The molecule has 4 heterocycles. The first kappa shape index (κ1) is 33.1. The number of nitrogen functional groups attached to an aromatic ring is 1. The van der Waals surface area contributed by atoms with E-state index in [0.29, 0.717) is 61.7 Å². The number of carbonyl (C=O) groups is 1. The standard InChI is InChI=1S/C34H38F3N7O4/c1-20(2)47-24-6-4-5-22(15-24)23-7-8-25(27(16-23)44-12-9-21(3)42-44)30(34(35,36)37)48-29-17-28(40-32(38)41-29)43-13-10-33(11-14-43)18-26(31(45)46)39-19-33/h4-9,12,15-17,20,26,30,39H,10-11,13-14,18-19H2,1-3H3,(H,45,46)(H2,38,40,41)/t26-,30?/m0/s1. The highest BCUT2D eigenvalue weighted by Crippen LogP contribution is 2.43. The third kappa shape index (κ3) is 7.18. The minimum Gasteiger partial charge on any atom is -0.491 e. The zero-order valence-electron chi connectivity index (χ0n) is 26.9. The number of aromatic nitrogens is 4. The van der Waals surface area contributed by atoms with Gasteiger partial charge in [-0.25, -0.2) is 4.68 Å². The molecule has 48 heavy (non-hydrogen) atoms. The molecule has 14 heteroatoms. The van der Waals surface area contributed by atoms with Gasteiger partial charge in [0, 0.05) is 37.5 Å². The molecule has 0 bridgehead atoms. The van der Waals surface area contributed by atoms with Crippen LogP contribution in [0.1, 0.15) is 50.5 Å². The van der Waals surface area contributed by atoms with Crippen LogP contribution in [0.4, 0.5) is 24.9 Å². The number of aryl methyl sites for hydroxylation is 1. The summed E-state index contributed by atoms with van der Waals surface area (Å²) in [6.07, 6.45) is -3.78. The summed E-state index contributed by atoms with van der Waals surface area (Å²) in [7, 11) is 0. The zero-order valence-corrected chi connectivity index (χ0v) is 26.9. The average Bonchev–Trinajstić information content (AvgIpc) is 3.65. The van der Waals surface area contributed by atoms with Crippen molar-refractivity contribution >= 4 is 17.7 Å². The Morgan fingerprint density at radius 3 is 2.46 bits per heavy atom. The van der Waals surface area contributed by atoms with Gasteiger partial charge in [0.15, 0.2) is 0 Å². The van der Waals surface area contributed by atoms with E-state index in [-0.39, 0.29) is 34.6 Å². The minimum atomic E-state index is -4.84. The Labute approximate surface area is 275 Å². The van der Waals surface area contributed by atoms with Crippen LogP contribution in [0.5, 0.6) is 11.6 Å². The molecule has 0 radical (unpaired) electrons. The van der Waals surface area contributed by atoms with Crippen molar-refractivity contribution in [3.05, 3.63) is 72.1 Å². The molecular formula is C34H38F3N7O4. The van der Waals surface area contributed by atoms with Crippen molar-refractivity contribution in [1.29, 1.82) is 0 Å². The lowest BCUT2D eigenvalue weighted by molar-refractivity contribution is -0.198. The van der Waals surface area contributed by atoms with Crippen molar-refractivity contribution < 1.29 is 32.5 Å². The van der Waals surface area contributed by atoms with Crippen molar-refractivity contribution in [2.24, 2.45) is 5.41 Å². The van der Waals surface area contributed by atoms with Gasteiger partial charge in [-0.2, -0.15) is 28.2 Å². The molecular weight excluding hydrogens is 627 g/mol. The molecule has 2 aliphatic rings. The molecule has 0 saturated carbocycles. The normalized spacial score (nSPS) is 18.3. The number of carboxylic acids is 1. The summed E-state index contributed by atoms with van der Waals surface area (Å²) >= 11 is 0. The van der Waals surface area contributed by atoms with E-state index >= 15 is 0 Å². The molecule has 254 valence electrons. The molecule has 4 N–H and O–H groups in total. The number of rotatable bonds is 9. The summed E-state index contributed by atoms with van der Waals surface area (Å²) in [4.78, 5) is 21.7. The van der Waals surface area contributed by atoms with Gasteiger partial charge in [-0.1, -0.05) is 24.3 Å². The molecule has 11 nitrogen and oxygen atoms in total. The number of benzene rings is 2. The van der Waals surface area contributed by atoms with Crippen LogP contribution in [0.15, 0.2) is 60.8 Å². The second-order valence-corrected chi connectivity index (χ2v) is 12.8. The van der Waals surface area contributed by atoms with E-state index in [0.717, 1.165) is 5.56 Å². The summed E-state index contributed by atoms with van der Waals surface area (Å²) in [5.74, 6) is -0.427. The van der Waals surface area contributed by atoms with Gasteiger partial charge in [0.25, 0.3) is 0 Å². The number of nitrogens with one attached hydrogen (secondary N) is 1. The Morgan fingerprint density at radius 1 is 1.06 bits per heavy atom. The number of hydrogen-bond donors (Lipinski definition) is 3. The van der Waals surface area contributed by atoms with E-state index in [4.69, 9.17) is 15.2 Å². The molecule has 2 aromatic heterocycles. The number of ether oxygens (including phenoxy) is 2. The summed E-state index contributed by atoms with van der Waals surface area (Å²) in [6, 6.07) is 14.5. The quantitative estimate of drug-likeness (QED) is 0.203. The van der Waals surface area contributed by atoms with Gasteiger partial charge >= 0.3 is 12.1 Å². The van der Waals surface area contributed by atoms with Crippen molar-refractivity contribution in [3.8, 4) is 28.4 Å². The van der Waals surface area contributed by atoms with Gasteiger partial charge in [0.1, 0.15) is 17.6 Å². The molecule has 2 aromatic carbocycles. The molecule has 2 aliphatic heterocycles. The van der Waals surface area contributed by atoms with E-state index in [1.807, 2.05) is 43.0 Å². The third-order valence-corrected chi connectivity index (χ3v) is 8.87. The number of piperidine rings is 1. The fraction of sp³-hybridized carbons (Fsp3) is 0.412. The zero-order chi connectivity index (χ0) is 34.2. The number of nitrogens with two attached hydrogens (primary N) is 1. The maximum atomic E-state index is 14.9. The Kier molecular flexibility index (Phi) is 8.94. The topological polar surface area (TPSA) is 141 Å². The lowest BCUT2D eigenvalue weighted by Crippen LogP contribution is -2.41. The minimum absolute atomic E-state index is 0.0472. The molecule has 1 unspecified atom stereocenters. The summed E-state index contributed by atoms with van der Waals surface area (Å²) in [6.45, 7) is 7.24. The van der Waals surface area contributed by atoms with Crippen LogP contribution >= 0.6 is 0 Å². The second kappa shape index (κ2) is 13.0. The molecule has 2 atom stereocenters. The number of nitrogens with zero attached hydrogens (tertiary/aromatic N) is 5. The van der Waals surface area contributed by atoms with Crippen molar-refractivity contribution in [1.82, 2.24) is 25.1 Å². The first-order valence-corrected chi connectivity index (χ1v) is 15.8. The average molecular weight is 666 g/mol. The first-order chi connectivity index (χ1) is 22.8. The number of anilines is 2. The van der Waals surface area contributed by atoms with Gasteiger partial charge in [-0.3, -0.25) is 4.79 Å². The van der Waals surface area contributed by atoms with Crippen molar-refractivity contribution in [3.63, 3.8) is 0 Å². The van der Waals surface area contributed by atoms with E-state index in [2.05, 4.69) is 20.4 Å². The van der Waals surface area contributed by atoms with Crippen LogP contribution in [0.3, 0.4) is 0 Å². The van der Waals surface area contributed by atoms with Gasteiger partial charge in [-0.15, -0.1) is 0 Å². The SMILES string of the molecule is Cc1ccn(-c2cc(-c3cccc(OC(C)C)c3)ccc2C(Oc2cc(N3CCC4(CC3)CN[C@H](C(=O)O)C4)nc(N)n2)C(F)(F)F)n1. The number of alkyl halides is 3. The van der Waals surface area contributed by atoms with E-state index < -0.39 is 24.3 Å². The van der Waals surface area contributed by atoms with Crippen LogP contribution in [0.25, 0.3) is 16.8 Å². The Balaban J connectivity index is 1.31. The lowest BCUT2D eigenvalue weighted by atomic mass is 9.76. The Hall–Kier alpha value is -4.85. The van der Waals surface area contributed by atoms with E-state index in [1.54, 1.807) is 31.3 Å². The smallest absolute Gasteiger partial charge is 0.429 e. The summed E-state index contributed by atoms with van der Waals surface area (Å²) < 4.78 is 57.6. The number of carboxylic acid groups (broad SMARTS) is 1.